The van der Waals surface area contributed by atoms with Crippen molar-refractivity contribution in [2.24, 2.45) is 0 Å². The van der Waals surface area contributed by atoms with Crippen molar-refractivity contribution in [1.29, 1.82) is 0 Å². The average Bonchev–Trinajstić information content (AvgIpc) is 2.86. The van der Waals surface area contributed by atoms with E-state index in [1.807, 2.05) is 0 Å². The SMILES string of the molecule is CC(C)(C)OC(=O)CN(CC(=O)OC(C)(C)C)Cc1ccc(-c2nnc(-c3ccc(OCCO)cn3)nn2)nc1. The van der Waals surface area contributed by atoms with E-state index < -0.39 is 23.1 Å². The molecule has 1 N–H and O–H groups in total. The van der Waals surface area contributed by atoms with Gasteiger partial charge in [-0.15, -0.1) is 20.4 Å². The molecule has 0 aliphatic heterocycles. The predicted molar refractivity (Wildman–Crippen MR) is 144 cm³/mol. The summed E-state index contributed by atoms with van der Waals surface area (Å²) in [5.41, 5.74) is 0.359. The van der Waals surface area contributed by atoms with Crippen LogP contribution in [0, 0.1) is 0 Å². The number of aliphatic hydroxyl groups is 1. The highest BCUT2D eigenvalue weighted by atomic mass is 16.6. The molecule has 0 amide bonds. The van der Waals surface area contributed by atoms with Crippen LogP contribution in [0.2, 0.25) is 0 Å². The molecule has 0 radical (unpaired) electrons. The second kappa shape index (κ2) is 13.3. The van der Waals surface area contributed by atoms with Gasteiger partial charge in [0.05, 0.1) is 25.9 Å². The van der Waals surface area contributed by atoms with Gasteiger partial charge in [0.2, 0.25) is 11.6 Å². The molecule has 40 heavy (non-hydrogen) atoms. The number of hydrogen-bond donors (Lipinski definition) is 1. The van der Waals surface area contributed by atoms with Gasteiger partial charge in [0.1, 0.15) is 34.9 Å². The van der Waals surface area contributed by atoms with E-state index in [-0.39, 0.29) is 44.5 Å². The van der Waals surface area contributed by atoms with E-state index in [4.69, 9.17) is 19.3 Å². The van der Waals surface area contributed by atoms with Crippen molar-refractivity contribution in [3.05, 3.63) is 42.2 Å². The number of aliphatic hydroxyl groups excluding tert-OH is 1. The number of aromatic nitrogens is 6. The molecule has 3 aromatic heterocycles. The summed E-state index contributed by atoms with van der Waals surface area (Å²) in [5.74, 6) is 0.0585. The number of carbonyl (C=O) groups is 2. The fraction of sp³-hybridized carbons (Fsp3) is 0.481. The van der Waals surface area contributed by atoms with Gasteiger partial charge in [-0.05, 0) is 65.3 Å². The summed E-state index contributed by atoms with van der Waals surface area (Å²) in [7, 11) is 0. The first-order valence-corrected chi connectivity index (χ1v) is 12.7. The second-order valence-electron chi connectivity index (χ2n) is 10.9. The smallest absolute Gasteiger partial charge is 0.320 e. The van der Waals surface area contributed by atoms with Gasteiger partial charge in [0, 0.05) is 12.7 Å². The Kier molecular flexibility index (Phi) is 10.1. The van der Waals surface area contributed by atoms with E-state index in [2.05, 4.69) is 30.4 Å². The van der Waals surface area contributed by atoms with Crippen LogP contribution >= 0.6 is 0 Å². The third-order valence-electron chi connectivity index (χ3n) is 4.81. The molecule has 3 aromatic rings. The molecule has 0 unspecified atom stereocenters. The third-order valence-corrected chi connectivity index (χ3v) is 4.81. The van der Waals surface area contributed by atoms with Crippen LogP contribution < -0.4 is 4.74 Å². The van der Waals surface area contributed by atoms with E-state index >= 15 is 0 Å². The molecule has 13 heteroatoms. The fourth-order valence-corrected chi connectivity index (χ4v) is 3.38. The van der Waals surface area contributed by atoms with Crippen LogP contribution in [-0.4, -0.2) is 89.8 Å². The van der Waals surface area contributed by atoms with Gasteiger partial charge in [0.25, 0.3) is 0 Å². The Morgan fingerprint density at radius 2 is 1.27 bits per heavy atom. The van der Waals surface area contributed by atoms with Crippen molar-refractivity contribution in [2.75, 3.05) is 26.3 Å². The second-order valence-corrected chi connectivity index (χ2v) is 10.9. The molecule has 0 fully saturated rings. The standard InChI is InChI=1S/C27H35N7O6/c1-26(2,3)39-22(36)16-34(17-23(37)40-27(4,5)6)15-18-7-9-20(28-13-18)24-30-32-25(33-31-24)21-10-8-19(14-29-21)38-12-11-35/h7-10,13-14,35H,11-12,15-17H2,1-6H3. The van der Waals surface area contributed by atoms with E-state index in [9.17, 15) is 9.59 Å². The average molecular weight is 554 g/mol. The lowest BCUT2D eigenvalue weighted by Crippen LogP contribution is -2.39. The summed E-state index contributed by atoms with van der Waals surface area (Å²) in [6.07, 6.45) is 3.11. The van der Waals surface area contributed by atoms with Crippen molar-refractivity contribution in [1.82, 2.24) is 35.3 Å². The number of nitrogens with zero attached hydrogens (tertiary/aromatic N) is 7. The Bertz CT molecular complexity index is 1230. The number of rotatable bonds is 11. The number of ether oxygens (including phenoxy) is 3. The zero-order valence-corrected chi connectivity index (χ0v) is 23.6. The van der Waals surface area contributed by atoms with Crippen molar-refractivity contribution in [2.45, 2.75) is 59.3 Å². The van der Waals surface area contributed by atoms with Gasteiger partial charge >= 0.3 is 11.9 Å². The van der Waals surface area contributed by atoms with Crippen LogP contribution in [-0.2, 0) is 25.6 Å². The maximum Gasteiger partial charge on any atom is 0.320 e. The highest BCUT2D eigenvalue weighted by molar-refractivity contribution is 5.75. The largest absolute Gasteiger partial charge is 0.490 e. The molecule has 3 rings (SSSR count). The fourth-order valence-electron chi connectivity index (χ4n) is 3.38. The first kappa shape index (κ1) is 30.4. The number of pyridine rings is 2. The van der Waals surface area contributed by atoms with Crippen LogP contribution in [0.5, 0.6) is 5.75 Å². The molecule has 214 valence electrons. The molecule has 0 spiro atoms. The summed E-state index contributed by atoms with van der Waals surface area (Å²) in [4.78, 5) is 35.2. The third kappa shape index (κ3) is 10.2. The first-order valence-electron chi connectivity index (χ1n) is 12.7. The lowest BCUT2D eigenvalue weighted by molar-refractivity contribution is -0.160. The Morgan fingerprint density at radius 1 is 0.775 bits per heavy atom. The van der Waals surface area contributed by atoms with Crippen molar-refractivity contribution in [3.8, 4) is 28.8 Å². The summed E-state index contributed by atoms with van der Waals surface area (Å²) in [6.45, 7) is 10.8. The molecule has 13 nitrogen and oxygen atoms in total. The quantitative estimate of drug-likeness (QED) is 0.344. The maximum absolute atomic E-state index is 12.5. The van der Waals surface area contributed by atoms with Gasteiger partial charge in [-0.2, -0.15) is 0 Å². The van der Waals surface area contributed by atoms with Crippen molar-refractivity contribution >= 4 is 11.9 Å². The molecular weight excluding hydrogens is 518 g/mol. The molecule has 0 atom stereocenters. The minimum absolute atomic E-state index is 0.0917. The van der Waals surface area contributed by atoms with E-state index in [1.165, 1.54) is 6.20 Å². The highest BCUT2D eigenvalue weighted by Gasteiger charge is 2.24. The first-order chi connectivity index (χ1) is 18.8. The van der Waals surface area contributed by atoms with Crippen molar-refractivity contribution in [3.63, 3.8) is 0 Å². The Labute approximate surface area is 232 Å². The van der Waals surface area contributed by atoms with E-state index in [0.717, 1.165) is 5.56 Å². The molecule has 0 aliphatic rings. The monoisotopic (exact) mass is 553 g/mol. The molecule has 0 saturated carbocycles. The topological polar surface area (TPSA) is 163 Å². The summed E-state index contributed by atoms with van der Waals surface area (Å²) in [5, 5.41) is 25.3. The predicted octanol–water partition coefficient (Wildman–Crippen LogP) is 2.25. The van der Waals surface area contributed by atoms with Crippen LogP contribution in [0.1, 0.15) is 47.1 Å². The van der Waals surface area contributed by atoms with Crippen molar-refractivity contribution < 1.29 is 28.9 Å². The summed E-state index contributed by atoms with van der Waals surface area (Å²) < 4.78 is 16.2. The molecule has 0 saturated heterocycles. The molecule has 0 bridgehead atoms. The normalized spacial score (nSPS) is 11.8. The Balaban J connectivity index is 1.68. The Hall–Kier alpha value is -4.10. The highest BCUT2D eigenvalue weighted by Crippen LogP contribution is 2.17. The molecule has 0 aliphatic carbocycles. The Morgan fingerprint density at radius 3 is 1.68 bits per heavy atom. The number of hydrogen-bond acceptors (Lipinski definition) is 13. The zero-order valence-electron chi connectivity index (χ0n) is 23.6. The summed E-state index contributed by atoms with van der Waals surface area (Å²) >= 11 is 0. The molecular formula is C27H35N7O6. The van der Waals surface area contributed by atoms with Crippen LogP contribution in [0.4, 0.5) is 0 Å². The van der Waals surface area contributed by atoms with Gasteiger partial charge in [-0.3, -0.25) is 19.5 Å². The van der Waals surface area contributed by atoms with E-state index in [1.54, 1.807) is 76.9 Å². The lowest BCUT2D eigenvalue weighted by atomic mass is 10.2. The van der Waals surface area contributed by atoms with Crippen LogP contribution in [0.15, 0.2) is 36.7 Å². The minimum Gasteiger partial charge on any atom is -0.490 e. The van der Waals surface area contributed by atoms with Gasteiger partial charge in [0.15, 0.2) is 0 Å². The van der Waals surface area contributed by atoms with E-state index in [0.29, 0.717) is 17.1 Å². The molecule has 0 aromatic carbocycles. The lowest BCUT2D eigenvalue weighted by Gasteiger charge is -2.26. The number of esters is 2. The maximum atomic E-state index is 12.5. The summed E-state index contributed by atoms with van der Waals surface area (Å²) in [6, 6.07) is 6.85. The minimum atomic E-state index is -0.649. The number of carbonyl (C=O) groups excluding carboxylic acids is 2. The van der Waals surface area contributed by atoms with Gasteiger partial charge in [-0.25, -0.2) is 4.98 Å². The van der Waals surface area contributed by atoms with Crippen LogP contribution in [0.25, 0.3) is 23.0 Å². The van der Waals surface area contributed by atoms with Gasteiger partial charge < -0.3 is 19.3 Å². The van der Waals surface area contributed by atoms with Gasteiger partial charge in [-0.1, -0.05) is 6.07 Å². The van der Waals surface area contributed by atoms with Crippen LogP contribution in [0.3, 0.4) is 0 Å². The zero-order chi connectivity index (χ0) is 29.3. The molecule has 3 heterocycles.